The second-order valence-corrected chi connectivity index (χ2v) is 3.74. The fourth-order valence-corrected chi connectivity index (χ4v) is 1.54. The van der Waals surface area contributed by atoms with E-state index in [4.69, 9.17) is 10.5 Å². The standard InChI is InChI=1S/C12H14N2O/c1-8(2)15-12-4-3-11(13)10-7-14-6-5-9(10)12/h3-8H,13H2,1-2H3. The summed E-state index contributed by atoms with van der Waals surface area (Å²) in [5.74, 6) is 0.858. The third-order valence-corrected chi connectivity index (χ3v) is 2.17. The number of rotatable bonds is 2. The zero-order valence-electron chi connectivity index (χ0n) is 8.90. The maximum absolute atomic E-state index is 5.86. The lowest BCUT2D eigenvalue weighted by molar-refractivity contribution is 0.245. The van der Waals surface area contributed by atoms with E-state index in [1.807, 2.05) is 32.0 Å². The predicted octanol–water partition coefficient (Wildman–Crippen LogP) is 2.60. The van der Waals surface area contributed by atoms with Gasteiger partial charge in [-0.05, 0) is 32.0 Å². The van der Waals surface area contributed by atoms with E-state index < -0.39 is 0 Å². The van der Waals surface area contributed by atoms with Crippen molar-refractivity contribution in [2.24, 2.45) is 0 Å². The number of ether oxygens (including phenoxy) is 1. The highest BCUT2D eigenvalue weighted by atomic mass is 16.5. The highest BCUT2D eigenvalue weighted by Crippen LogP contribution is 2.29. The van der Waals surface area contributed by atoms with Gasteiger partial charge in [0.15, 0.2) is 0 Å². The molecule has 0 aliphatic heterocycles. The molecule has 3 nitrogen and oxygen atoms in total. The summed E-state index contributed by atoms with van der Waals surface area (Å²) in [5, 5.41) is 1.95. The third-order valence-electron chi connectivity index (χ3n) is 2.17. The van der Waals surface area contributed by atoms with E-state index in [2.05, 4.69) is 4.98 Å². The van der Waals surface area contributed by atoms with Gasteiger partial charge in [-0.1, -0.05) is 0 Å². The topological polar surface area (TPSA) is 48.1 Å². The van der Waals surface area contributed by atoms with Crippen molar-refractivity contribution in [2.75, 3.05) is 5.73 Å². The Hall–Kier alpha value is -1.77. The van der Waals surface area contributed by atoms with Gasteiger partial charge in [0.2, 0.25) is 0 Å². The molecule has 3 heteroatoms. The normalized spacial score (nSPS) is 10.9. The first-order valence-electron chi connectivity index (χ1n) is 4.97. The molecule has 0 radical (unpaired) electrons. The number of aromatic nitrogens is 1. The van der Waals surface area contributed by atoms with E-state index in [0.29, 0.717) is 0 Å². The van der Waals surface area contributed by atoms with Gasteiger partial charge in [0.25, 0.3) is 0 Å². The average molecular weight is 202 g/mol. The third kappa shape index (κ3) is 1.86. The van der Waals surface area contributed by atoms with Crippen LogP contribution in [0.2, 0.25) is 0 Å². The second-order valence-electron chi connectivity index (χ2n) is 3.74. The zero-order valence-corrected chi connectivity index (χ0v) is 8.90. The molecule has 0 bridgehead atoms. The molecule has 0 spiro atoms. The lowest BCUT2D eigenvalue weighted by Crippen LogP contribution is -2.06. The van der Waals surface area contributed by atoms with Crippen LogP contribution in [-0.4, -0.2) is 11.1 Å². The van der Waals surface area contributed by atoms with Gasteiger partial charge in [-0.25, -0.2) is 0 Å². The summed E-state index contributed by atoms with van der Waals surface area (Å²) < 4.78 is 5.70. The second kappa shape index (κ2) is 3.77. The quantitative estimate of drug-likeness (QED) is 0.761. The predicted molar refractivity (Wildman–Crippen MR) is 61.9 cm³/mol. The highest BCUT2D eigenvalue weighted by molar-refractivity contribution is 5.96. The molecule has 1 aromatic carbocycles. The van der Waals surface area contributed by atoms with E-state index >= 15 is 0 Å². The molecule has 0 fully saturated rings. The van der Waals surface area contributed by atoms with E-state index in [0.717, 1.165) is 22.2 Å². The minimum atomic E-state index is 0.157. The largest absolute Gasteiger partial charge is 0.490 e. The monoisotopic (exact) mass is 202 g/mol. The first-order valence-corrected chi connectivity index (χ1v) is 4.97. The van der Waals surface area contributed by atoms with Crippen molar-refractivity contribution >= 4 is 16.5 Å². The van der Waals surface area contributed by atoms with Gasteiger partial charge in [0, 0.05) is 28.9 Å². The summed E-state index contributed by atoms with van der Waals surface area (Å²) >= 11 is 0. The van der Waals surface area contributed by atoms with Crippen molar-refractivity contribution in [3.63, 3.8) is 0 Å². The lowest BCUT2D eigenvalue weighted by atomic mass is 10.1. The molecule has 2 aromatic rings. The fraction of sp³-hybridized carbons (Fsp3) is 0.250. The summed E-state index contributed by atoms with van der Waals surface area (Å²) in [6.07, 6.45) is 3.66. The molecule has 0 aliphatic carbocycles. The minimum absolute atomic E-state index is 0.157. The SMILES string of the molecule is CC(C)Oc1ccc(N)c2cnccc12. The van der Waals surface area contributed by atoms with Gasteiger partial charge in [0.05, 0.1) is 6.10 Å². The Morgan fingerprint density at radius 3 is 2.73 bits per heavy atom. The number of benzene rings is 1. The Morgan fingerprint density at radius 1 is 1.20 bits per heavy atom. The Morgan fingerprint density at radius 2 is 2.00 bits per heavy atom. The van der Waals surface area contributed by atoms with E-state index in [-0.39, 0.29) is 6.10 Å². The Bertz CT molecular complexity index is 480. The van der Waals surface area contributed by atoms with Gasteiger partial charge < -0.3 is 10.5 Å². The van der Waals surface area contributed by atoms with Crippen LogP contribution in [0, 0.1) is 0 Å². The average Bonchev–Trinajstić information content (AvgIpc) is 2.22. The van der Waals surface area contributed by atoms with E-state index in [1.54, 1.807) is 12.4 Å². The molecular formula is C12H14N2O. The molecule has 0 saturated carbocycles. The fourth-order valence-electron chi connectivity index (χ4n) is 1.54. The first kappa shape index (κ1) is 9.77. The number of pyridine rings is 1. The van der Waals surface area contributed by atoms with Crippen LogP contribution in [0.4, 0.5) is 5.69 Å². The van der Waals surface area contributed by atoms with Crippen molar-refractivity contribution in [1.82, 2.24) is 4.98 Å². The maximum atomic E-state index is 5.86. The Labute approximate surface area is 88.9 Å². The molecule has 78 valence electrons. The lowest BCUT2D eigenvalue weighted by Gasteiger charge is -2.12. The number of nitrogens with two attached hydrogens (primary N) is 1. The molecule has 1 aromatic heterocycles. The molecule has 0 atom stereocenters. The number of hydrogen-bond acceptors (Lipinski definition) is 3. The summed E-state index contributed by atoms with van der Waals surface area (Å²) in [4.78, 5) is 4.06. The molecule has 2 N–H and O–H groups in total. The van der Waals surface area contributed by atoms with Crippen molar-refractivity contribution in [3.05, 3.63) is 30.6 Å². The van der Waals surface area contributed by atoms with Gasteiger partial charge in [-0.15, -0.1) is 0 Å². The molecule has 0 aliphatic rings. The van der Waals surface area contributed by atoms with Crippen LogP contribution < -0.4 is 10.5 Å². The summed E-state index contributed by atoms with van der Waals surface area (Å²) in [5.41, 5.74) is 6.59. The number of nitrogen functional groups attached to an aromatic ring is 1. The summed E-state index contributed by atoms with van der Waals surface area (Å²) in [7, 11) is 0. The zero-order chi connectivity index (χ0) is 10.8. The van der Waals surface area contributed by atoms with Crippen molar-refractivity contribution < 1.29 is 4.74 Å². The van der Waals surface area contributed by atoms with E-state index in [1.165, 1.54) is 0 Å². The van der Waals surface area contributed by atoms with Crippen LogP contribution in [0.25, 0.3) is 10.8 Å². The minimum Gasteiger partial charge on any atom is -0.490 e. The summed E-state index contributed by atoms with van der Waals surface area (Å²) in [6, 6.07) is 5.67. The van der Waals surface area contributed by atoms with Gasteiger partial charge in [0.1, 0.15) is 5.75 Å². The number of hydrogen-bond donors (Lipinski definition) is 1. The molecular weight excluding hydrogens is 188 g/mol. The van der Waals surface area contributed by atoms with E-state index in [9.17, 15) is 0 Å². The number of anilines is 1. The van der Waals surface area contributed by atoms with Gasteiger partial charge >= 0.3 is 0 Å². The molecule has 2 rings (SSSR count). The smallest absolute Gasteiger partial charge is 0.127 e. The Kier molecular flexibility index (Phi) is 2.46. The van der Waals surface area contributed by atoms with Crippen LogP contribution in [0.5, 0.6) is 5.75 Å². The van der Waals surface area contributed by atoms with Crippen LogP contribution in [0.3, 0.4) is 0 Å². The van der Waals surface area contributed by atoms with Gasteiger partial charge in [-0.3, -0.25) is 4.98 Å². The van der Waals surface area contributed by atoms with Crippen LogP contribution in [0.1, 0.15) is 13.8 Å². The molecule has 0 saturated heterocycles. The summed E-state index contributed by atoms with van der Waals surface area (Å²) in [6.45, 7) is 4.01. The van der Waals surface area contributed by atoms with Crippen molar-refractivity contribution in [3.8, 4) is 5.75 Å². The molecule has 0 amide bonds. The molecule has 1 heterocycles. The van der Waals surface area contributed by atoms with Gasteiger partial charge in [-0.2, -0.15) is 0 Å². The van der Waals surface area contributed by atoms with Crippen molar-refractivity contribution in [2.45, 2.75) is 20.0 Å². The van der Waals surface area contributed by atoms with Crippen molar-refractivity contribution in [1.29, 1.82) is 0 Å². The highest BCUT2D eigenvalue weighted by Gasteiger charge is 2.05. The van der Waals surface area contributed by atoms with Crippen LogP contribution >= 0.6 is 0 Å². The van der Waals surface area contributed by atoms with Crippen LogP contribution in [0.15, 0.2) is 30.6 Å². The molecule has 0 unspecified atom stereocenters. The Balaban J connectivity index is 2.61. The number of nitrogens with zero attached hydrogens (tertiary/aromatic N) is 1. The maximum Gasteiger partial charge on any atom is 0.127 e. The molecule has 15 heavy (non-hydrogen) atoms. The number of fused-ring (bicyclic) bond motifs is 1. The first-order chi connectivity index (χ1) is 7.18. The van der Waals surface area contributed by atoms with Crippen LogP contribution in [-0.2, 0) is 0 Å².